The Morgan fingerprint density at radius 2 is 2.09 bits per heavy atom. The second-order valence-corrected chi connectivity index (χ2v) is 12.4. The largest absolute Gasteiger partial charge is 0.376 e. The van der Waals surface area contributed by atoms with Gasteiger partial charge in [0.05, 0.1) is 30.3 Å². The number of sulfone groups is 1. The second kappa shape index (κ2) is 10.7. The molecular weight excluding hydrogens is 476 g/mol. The number of imidazole rings is 1. The summed E-state index contributed by atoms with van der Waals surface area (Å²) in [5.74, 6) is -0.207. The Bertz CT molecular complexity index is 1100. The van der Waals surface area contributed by atoms with Gasteiger partial charge in [0.25, 0.3) is 0 Å². The number of nitrogens with zero attached hydrogens (tertiary/aromatic N) is 3. The fourth-order valence-electron chi connectivity index (χ4n) is 4.04. The minimum atomic E-state index is -3.74. The molecule has 0 saturated carbocycles. The van der Waals surface area contributed by atoms with Crippen LogP contribution >= 0.6 is 11.6 Å². The molecule has 0 radical (unpaired) electrons. The monoisotopic (exact) mass is 510 g/mol. The number of benzene rings is 1. The maximum Gasteiger partial charge on any atom is 0.318 e. The van der Waals surface area contributed by atoms with Crippen molar-refractivity contribution in [3.63, 3.8) is 0 Å². The molecule has 2 aromatic rings. The minimum absolute atomic E-state index is 0.00854. The Labute approximate surface area is 207 Å². The van der Waals surface area contributed by atoms with Crippen LogP contribution in [0.5, 0.6) is 0 Å². The van der Waals surface area contributed by atoms with E-state index in [-0.39, 0.29) is 35.6 Å². The van der Waals surface area contributed by atoms with Gasteiger partial charge in [-0.3, -0.25) is 0 Å². The quantitative estimate of drug-likeness (QED) is 0.561. The van der Waals surface area contributed by atoms with Crippen molar-refractivity contribution in [1.29, 1.82) is 0 Å². The van der Waals surface area contributed by atoms with Crippen LogP contribution < -0.4 is 5.32 Å². The number of urea groups is 1. The van der Waals surface area contributed by atoms with Crippen LogP contribution in [0.15, 0.2) is 35.6 Å². The van der Waals surface area contributed by atoms with Gasteiger partial charge in [-0.05, 0) is 65.2 Å². The molecule has 0 aliphatic carbocycles. The van der Waals surface area contributed by atoms with Gasteiger partial charge in [0.15, 0.2) is 0 Å². The zero-order valence-corrected chi connectivity index (χ0v) is 22.1. The van der Waals surface area contributed by atoms with Crippen molar-refractivity contribution in [1.82, 2.24) is 19.8 Å². The molecule has 0 bridgehead atoms. The molecule has 3 rings (SSSR count). The van der Waals surface area contributed by atoms with Crippen molar-refractivity contribution in [2.75, 3.05) is 13.2 Å². The number of carbonyl (C=O) groups is 1. The SMILES string of the molecule is CC(C)n1c(CN(CC2CCCO2)C(=O)NC(C)(C)C)cnc1S(=O)(=O)Cc1cccc(Cl)c1. The van der Waals surface area contributed by atoms with Crippen molar-refractivity contribution in [3.05, 3.63) is 46.7 Å². The molecule has 1 aromatic carbocycles. The van der Waals surface area contributed by atoms with E-state index >= 15 is 0 Å². The molecule has 1 atom stereocenters. The number of rotatable bonds is 8. The molecule has 1 aliphatic heterocycles. The standard InChI is InChI=1S/C24H35ClN4O4S/c1-17(2)29-20(13-26-23(29)34(31,32)16-18-8-6-9-19(25)12-18)14-28(15-21-10-7-11-33-21)22(30)27-24(3,4)5/h6,8-9,12-13,17,21H,7,10-11,14-16H2,1-5H3,(H,27,30). The average Bonchev–Trinajstić information content (AvgIpc) is 3.36. The van der Waals surface area contributed by atoms with Crippen molar-refractivity contribution >= 4 is 27.5 Å². The molecular formula is C24H35ClN4O4S. The smallest absolute Gasteiger partial charge is 0.318 e. The summed E-state index contributed by atoms with van der Waals surface area (Å²) in [7, 11) is -3.74. The molecule has 188 valence electrons. The van der Waals surface area contributed by atoms with Crippen molar-refractivity contribution in [2.24, 2.45) is 0 Å². The van der Waals surface area contributed by atoms with E-state index in [1.54, 1.807) is 39.9 Å². The van der Waals surface area contributed by atoms with E-state index in [4.69, 9.17) is 16.3 Å². The average molecular weight is 511 g/mol. The Kier molecular flexibility index (Phi) is 8.31. The normalized spacial score (nSPS) is 16.7. The van der Waals surface area contributed by atoms with Crippen LogP contribution in [0.3, 0.4) is 0 Å². The van der Waals surface area contributed by atoms with Gasteiger partial charge in [0, 0.05) is 29.8 Å². The lowest BCUT2D eigenvalue weighted by Crippen LogP contribution is -2.50. The molecule has 8 nitrogen and oxygen atoms in total. The molecule has 2 heterocycles. The van der Waals surface area contributed by atoms with Crippen LogP contribution in [-0.2, 0) is 26.9 Å². The molecule has 10 heteroatoms. The summed E-state index contributed by atoms with van der Waals surface area (Å²) in [6.07, 6.45) is 3.38. The third kappa shape index (κ3) is 6.96. The van der Waals surface area contributed by atoms with E-state index in [0.29, 0.717) is 29.4 Å². The van der Waals surface area contributed by atoms with E-state index in [9.17, 15) is 13.2 Å². The highest BCUT2D eigenvalue weighted by Crippen LogP contribution is 2.24. The highest BCUT2D eigenvalue weighted by molar-refractivity contribution is 7.90. The number of ether oxygens (including phenoxy) is 1. The predicted octanol–water partition coefficient (Wildman–Crippen LogP) is 4.58. The van der Waals surface area contributed by atoms with Gasteiger partial charge >= 0.3 is 6.03 Å². The first-order valence-corrected chi connectivity index (χ1v) is 13.6. The van der Waals surface area contributed by atoms with Gasteiger partial charge in [-0.1, -0.05) is 23.7 Å². The van der Waals surface area contributed by atoms with Crippen LogP contribution in [0.2, 0.25) is 5.02 Å². The summed E-state index contributed by atoms with van der Waals surface area (Å²) < 4.78 is 34.1. The fourth-order valence-corrected chi connectivity index (χ4v) is 5.84. The maximum absolute atomic E-state index is 13.3. The Hall–Kier alpha value is -2.10. The first kappa shape index (κ1) is 26.5. The Morgan fingerprint density at radius 1 is 1.35 bits per heavy atom. The number of nitrogens with one attached hydrogen (secondary N) is 1. The van der Waals surface area contributed by atoms with E-state index in [1.807, 2.05) is 34.6 Å². The third-order valence-corrected chi connectivity index (χ3v) is 7.26. The Balaban J connectivity index is 1.90. The third-order valence-electron chi connectivity index (χ3n) is 5.45. The van der Waals surface area contributed by atoms with Crippen molar-refractivity contribution in [3.8, 4) is 0 Å². The number of halogens is 1. The van der Waals surface area contributed by atoms with Gasteiger partial charge in [-0.2, -0.15) is 0 Å². The molecule has 1 saturated heterocycles. The first-order chi connectivity index (χ1) is 15.9. The molecule has 1 unspecified atom stereocenters. The molecule has 1 aromatic heterocycles. The zero-order chi connectivity index (χ0) is 25.1. The van der Waals surface area contributed by atoms with E-state index in [0.717, 1.165) is 12.8 Å². The molecule has 2 amide bonds. The number of hydrogen-bond acceptors (Lipinski definition) is 5. The van der Waals surface area contributed by atoms with Gasteiger partial charge in [0.1, 0.15) is 0 Å². The summed E-state index contributed by atoms with van der Waals surface area (Å²) >= 11 is 6.04. The van der Waals surface area contributed by atoms with Gasteiger partial charge in [0.2, 0.25) is 15.0 Å². The summed E-state index contributed by atoms with van der Waals surface area (Å²) in [6.45, 7) is 10.9. The summed E-state index contributed by atoms with van der Waals surface area (Å²) in [5.41, 5.74) is 0.842. The van der Waals surface area contributed by atoms with Crippen LogP contribution in [-0.4, -0.2) is 53.7 Å². The molecule has 0 spiro atoms. The van der Waals surface area contributed by atoms with Crippen molar-refractivity contribution in [2.45, 2.75) is 82.6 Å². The van der Waals surface area contributed by atoms with Crippen LogP contribution in [0.4, 0.5) is 4.79 Å². The highest BCUT2D eigenvalue weighted by Gasteiger charge is 2.29. The van der Waals surface area contributed by atoms with Crippen LogP contribution in [0.1, 0.15) is 64.8 Å². The summed E-state index contributed by atoms with van der Waals surface area (Å²) in [6, 6.07) is 6.41. The number of amides is 2. The molecule has 34 heavy (non-hydrogen) atoms. The lowest BCUT2D eigenvalue weighted by atomic mass is 10.1. The van der Waals surface area contributed by atoms with Crippen LogP contribution in [0, 0.1) is 0 Å². The van der Waals surface area contributed by atoms with Gasteiger partial charge in [-0.25, -0.2) is 18.2 Å². The predicted molar refractivity (Wildman–Crippen MR) is 133 cm³/mol. The topological polar surface area (TPSA) is 93.5 Å². The number of aromatic nitrogens is 2. The van der Waals surface area contributed by atoms with Crippen LogP contribution in [0.25, 0.3) is 0 Å². The van der Waals surface area contributed by atoms with E-state index in [1.165, 1.54) is 0 Å². The highest BCUT2D eigenvalue weighted by atomic mass is 35.5. The van der Waals surface area contributed by atoms with Gasteiger partial charge in [-0.15, -0.1) is 0 Å². The zero-order valence-electron chi connectivity index (χ0n) is 20.5. The van der Waals surface area contributed by atoms with E-state index < -0.39 is 15.4 Å². The number of carbonyl (C=O) groups excluding carboxylic acids is 1. The molecule has 1 N–H and O–H groups in total. The Morgan fingerprint density at radius 3 is 2.68 bits per heavy atom. The molecule has 1 aliphatic rings. The van der Waals surface area contributed by atoms with E-state index in [2.05, 4.69) is 10.3 Å². The second-order valence-electron chi connectivity index (χ2n) is 10.1. The number of hydrogen-bond donors (Lipinski definition) is 1. The lowest BCUT2D eigenvalue weighted by Gasteiger charge is -2.30. The van der Waals surface area contributed by atoms with Gasteiger partial charge < -0.3 is 19.5 Å². The minimum Gasteiger partial charge on any atom is -0.376 e. The lowest BCUT2D eigenvalue weighted by molar-refractivity contribution is 0.0774. The van der Waals surface area contributed by atoms with Crippen molar-refractivity contribution < 1.29 is 17.9 Å². The maximum atomic E-state index is 13.3. The summed E-state index contributed by atoms with van der Waals surface area (Å²) in [4.78, 5) is 19.1. The molecule has 1 fully saturated rings. The summed E-state index contributed by atoms with van der Waals surface area (Å²) in [5, 5.41) is 3.48. The first-order valence-electron chi connectivity index (χ1n) is 11.6. The fraction of sp³-hybridized carbons (Fsp3) is 0.583.